The van der Waals surface area contributed by atoms with Gasteiger partial charge in [-0.2, -0.15) is 9.41 Å². The van der Waals surface area contributed by atoms with Crippen LogP contribution in [0.2, 0.25) is 0 Å². The Bertz CT molecular complexity index is 1250. The van der Waals surface area contributed by atoms with Crippen LogP contribution in [0.3, 0.4) is 0 Å². The highest BCUT2D eigenvalue weighted by atomic mass is 32.2. The Kier molecular flexibility index (Phi) is 5.94. The van der Waals surface area contributed by atoms with E-state index in [9.17, 15) is 18.5 Å². The molecule has 160 valence electrons. The first-order valence-electron chi connectivity index (χ1n) is 9.60. The maximum absolute atomic E-state index is 12.8. The molecule has 1 N–H and O–H groups in total. The van der Waals surface area contributed by atoms with Gasteiger partial charge in [-0.05, 0) is 22.9 Å². The third-order valence-electron chi connectivity index (χ3n) is 4.99. The van der Waals surface area contributed by atoms with Gasteiger partial charge in [-0.15, -0.1) is 0 Å². The number of nitro benzene ring substituents is 1. The number of anilines is 1. The van der Waals surface area contributed by atoms with Crippen molar-refractivity contribution < 1.29 is 18.1 Å². The minimum absolute atomic E-state index is 0.0995. The number of benzene rings is 3. The number of hydrazone groups is 1. The fourth-order valence-corrected chi connectivity index (χ4v) is 4.82. The molecule has 0 radical (unpaired) electrons. The molecule has 1 heterocycles. The second-order valence-electron chi connectivity index (χ2n) is 6.89. The summed E-state index contributed by atoms with van der Waals surface area (Å²) in [6, 6.07) is 17.3. The topological polar surface area (TPSA) is 114 Å². The van der Waals surface area contributed by atoms with Gasteiger partial charge in [0.2, 0.25) is 10.0 Å². The van der Waals surface area contributed by atoms with Gasteiger partial charge in [0.15, 0.2) is 0 Å². The van der Waals surface area contributed by atoms with Crippen molar-refractivity contribution in [3.63, 3.8) is 0 Å². The molecule has 0 amide bonds. The van der Waals surface area contributed by atoms with Crippen LogP contribution in [0.4, 0.5) is 11.4 Å². The lowest BCUT2D eigenvalue weighted by Gasteiger charge is -2.26. The fraction of sp³-hybridized carbons (Fsp3) is 0.190. The molecule has 0 spiro atoms. The van der Waals surface area contributed by atoms with Crippen molar-refractivity contribution in [3.8, 4) is 0 Å². The quantitative estimate of drug-likeness (QED) is 0.358. The molecule has 3 aromatic rings. The van der Waals surface area contributed by atoms with Crippen molar-refractivity contribution in [2.24, 2.45) is 5.10 Å². The number of nitrogens with zero attached hydrogens (tertiary/aromatic N) is 3. The Morgan fingerprint density at radius 3 is 2.58 bits per heavy atom. The molecule has 1 aliphatic heterocycles. The predicted molar refractivity (Wildman–Crippen MR) is 118 cm³/mol. The van der Waals surface area contributed by atoms with Crippen molar-refractivity contribution in [2.45, 2.75) is 4.90 Å². The second-order valence-corrected chi connectivity index (χ2v) is 8.83. The van der Waals surface area contributed by atoms with E-state index in [1.54, 1.807) is 6.21 Å². The number of ether oxygens (including phenoxy) is 1. The Morgan fingerprint density at radius 2 is 1.81 bits per heavy atom. The Hall–Kier alpha value is -3.34. The maximum Gasteiger partial charge on any atom is 0.295 e. The number of hydrogen-bond acceptors (Lipinski definition) is 7. The summed E-state index contributed by atoms with van der Waals surface area (Å²) in [5.74, 6) is 0. The molecule has 0 aromatic heterocycles. The molecule has 1 aliphatic rings. The van der Waals surface area contributed by atoms with E-state index in [-0.39, 0.29) is 29.4 Å². The van der Waals surface area contributed by atoms with Crippen LogP contribution < -0.4 is 5.43 Å². The number of rotatable bonds is 6. The second kappa shape index (κ2) is 8.80. The van der Waals surface area contributed by atoms with Crippen LogP contribution in [-0.4, -0.2) is 50.2 Å². The van der Waals surface area contributed by atoms with Gasteiger partial charge in [0, 0.05) is 24.7 Å². The molecule has 0 bridgehead atoms. The summed E-state index contributed by atoms with van der Waals surface area (Å²) in [5.41, 5.74) is 3.24. The van der Waals surface area contributed by atoms with E-state index in [1.807, 2.05) is 42.5 Å². The van der Waals surface area contributed by atoms with Crippen molar-refractivity contribution >= 4 is 38.4 Å². The van der Waals surface area contributed by atoms with Crippen LogP contribution in [0, 0.1) is 10.1 Å². The lowest BCUT2D eigenvalue weighted by atomic mass is 10.1. The minimum atomic E-state index is -3.84. The summed E-state index contributed by atoms with van der Waals surface area (Å²) in [7, 11) is -3.84. The summed E-state index contributed by atoms with van der Waals surface area (Å²) < 4.78 is 32.0. The highest BCUT2D eigenvalue weighted by Gasteiger charge is 2.28. The Balaban J connectivity index is 1.60. The number of fused-ring (bicyclic) bond motifs is 1. The lowest BCUT2D eigenvalue weighted by molar-refractivity contribution is -0.384. The first kappa shape index (κ1) is 20.9. The predicted octanol–water partition coefficient (Wildman–Crippen LogP) is 3.21. The molecule has 10 heteroatoms. The zero-order valence-electron chi connectivity index (χ0n) is 16.5. The number of morpholine rings is 1. The third kappa shape index (κ3) is 4.41. The van der Waals surface area contributed by atoms with E-state index in [1.165, 1.54) is 16.4 Å². The molecule has 1 fully saturated rings. The van der Waals surface area contributed by atoms with Crippen molar-refractivity contribution in [3.05, 3.63) is 76.3 Å². The van der Waals surface area contributed by atoms with Crippen molar-refractivity contribution in [1.82, 2.24) is 4.31 Å². The monoisotopic (exact) mass is 440 g/mol. The SMILES string of the molecule is O=[N+]([O-])c1cc(S(=O)(=O)N2CCOCC2)ccc1N/N=C/c1cccc2ccccc12. The number of nitro groups is 1. The zero-order chi connectivity index (χ0) is 21.8. The summed E-state index contributed by atoms with van der Waals surface area (Å²) in [5, 5.41) is 17.7. The molecule has 1 saturated heterocycles. The van der Waals surface area contributed by atoms with Gasteiger partial charge in [-0.3, -0.25) is 15.5 Å². The van der Waals surface area contributed by atoms with Crippen LogP contribution in [0.5, 0.6) is 0 Å². The van der Waals surface area contributed by atoms with E-state index in [4.69, 9.17) is 4.74 Å². The summed E-state index contributed by atoms with van der Waals surface area (Å²) in [6.07, 6.45) is 1.57. The Morgan fingerprint density at radius 1 is 1.06 bits per heavy atom. The molecule has 3 aromatic carbocycles. The highest BCUT2D eigenvalue weighted by molar-refractivity contribution is 7.89. The standard InChI is InChI=1S/C21H20N4O5S/c26-25(27)21-14-18(31(28,29)24-10-12-30-13-11-24)8-9-20(21)23-22-15-17-6-3-5-16-4-1-2-7-19(16)17/h1-9,14-15,23H,10-13H2/b22-15+. The van der Waals surface area contributed by atoms with E-state index in [0.29, 0.717) is 13.2 Å². The largest absolute Gasteiger partial charge is 0.379 e. The molecule has 31 heavy (non-hydrogen) atoms. The van der Waals surface area contributed by atoms with E-state index in [2.05, 4.69) is 10.5 Å². The van der Waals surface area contributed by atoms with Gasteiger partial charge < -0.3 is 4.74 Å². The maximum atomic E-state index is 12.8. The number of hydrogen-bond donors (Lipinski definition) is 1. The summed E-state index contributed by atoms with van der Waals surface area (Å²) in [6.45, 7) is 1.02. The molecular weight excluding hydrogens is 420 g/mol. The summed E-state index contributed by atoms with van der Waals surface area (Å²) >= 11 is 0. The molecule has 0 unspecified atom stereocenters. The fourth-order valence-electron chi connectivity index (χ4n) is 3.39. The molecule has 0 atom stereocenters. The van der Waals surface area contributed by atoms with Crippen molar-refractivity contribution in [2.75, 3.05) is 31.7 Å². The summed E-state index contributed by atoms with van der Waals surface area (Å²) in [4.78, 5) is 10.8. The molecule has 0 aliphatic carbocycles. The molecule has 9 nitrogen and oxygen atoms in total. The van der Waals surface area contributed by atoms with Gasteiger partial charge in [-0.1, -0.05) is 42.5 Å². The average molecular weight is 440 g/mol. The van der Waals surface area contributed by atoms with Crippen LogP contribution in [0.1, 0.15) is 5.56 Å². The normalized spacial score (nSPS) is 15.4. The van der Waals surface area contributed by atoms with Crippen molar-refractivity contribution in [1.29, 1.82) is 0 Å². The van der Waals surface area contributed by atoms with Crippen LogP contribution in [0.15, 0.2) is 70.7 Å². The smallest absolute Gasteiger partial charge is 0.295 e. The minimum Gasteiger partial charge on any atom is -0.379 e. The number of sulfonamides is 1. The van der Waals surface area contributed by atoms with Gasteiger partial charge in [0.25, 0.3) is 5.69 Å². The Labute approximate surface area is 179 Å². The van der Waals surface area contributed by atoms with Gasteiger partial charge in [-0.25, -0.2) is 8.42 Å². The van der Waals surface area contributed by atoms with E-state index in [0.717, 1.165) is 22.4 Å². The van der Waals surface area contributed by atoms with Gasteiger partial charge in [0.1, 0.15) is 5.69 Å². The van der Waals surface area contributed by atoms with Crippen LogP contribution >= 0.6 is 0 Å². The molecular formula is C21H20N4O5S. The molecule has 4 rings (SSSR count). The van der Waals surface area contributed by atoms with E-state index < -0.39 is 14.9 Å². The average Bonchev–Trinajstić information content (AvgIpc) is 2.80. The first-order valence-corrected chi connectivity index (χ1v) is 11.0. The lowest BCUT2D eigenvalue weighted by Crippen LogP contribution is -2.40. The van der Waals surface area contributed by atoms with Crippen LogP contribution in [-0.2, 0) is 14.8 Å². The third-order valence-corrected chi connectivity index (χ3v) is 6.88. The molecule has 0 saturated carbocycles. The van der Waals surface area contributed by atoms with Gasteiger partial charge >= 0.3 is 0 Å². The highest BCUT2D eigenvalue weighted by Crippen LogP contribution is 2.29. The first-order chi connectivity index (χ1) is 15.0. The number of nitrogens with one attached hydrogen (secondary N) is 1. The van der Waals surface area contributed by atoms with E-state index >= 15 is 0 Å². The zero-order valence-corrected chi connectivity index (χ0v) is 17.3. The van der Waals surface area contributed by atoms with Gasteiger partial charge in [0.05, 0.1) is 29.2 Å². The van der Waals surface area contributed by atoms with Crippen LogP contribution in [0.25, 0.3) is 10.8 Å².